The fourth-order valence-electron chi connectivity index (χ4n) is 1.26. The van der Waals surface area contributed by atoms with Crippen LogP contribution in [0.4, 0.5) is 0 Å². The normalized spacial score (nSPS) is 23.2. The van der Waals surface area contributed by atoms with Gasteiger partial charge in [-0.15, -0.1) is 0 Å². The molecule has 0 unspecified atom stereocenters. The fraction of sp³-hybridized carbons (Fsp3) is 0.667. The Kier molecular flexibility index (Phi) is 3.29. The summed E-state index contributed by atoms with van der Waals surface area (Å²) >= 11 is 0. The molecule has 0 aliphatic heterocycles. The van der Waals surface area contributed by atoms with Crippen LogP contribution in [-0.4, -0.2) is 18.6 Å². The molecule has 3 nitrogen and oxygen atoms in total. The summed E-state index contributed by atoms with van der Waals surface area (Å²) in [7, 11) is 0. The molecule has 0 fully saturated rings. The lowest BCUT2D eigenvalue weighted by molar-refractivity contribution is -0.138. The van der Waals surface area contributed by atoms with Gasteiger partial charge < -0.3 is 10.5 Å². The predicted octanol–water partition coefficient (Wildman–Crippen LogP) is 0.987. The number of hydrogen-bond acceptors (Lipinski definition) is 3. The molecule has 0 radical (unpaired) electrons. The highest BCUT2D eigenvalue weighted by Crippen LogP contribution is 2.17. The van der Waals surface area contributed by atoms with Gasteiger partial charge in [0.25, 0.3) is 0 Å². The van der Waals surface area contributed by atoms with Crippen LogP contribution in [0.25, 0.3) is 0 Å². The van der Waals surface area contributed by atoms with E-state index in [9.17, 15) is 4.79 Å². The number of carbonyl (C=O) groups is 1. The van der Waals surface area contributed by atoms with Gasteiger partial charge in [0.1, 0.15) is 0 Å². The van der Waals surface area contributed by atoms with E-state index in [2.05, 4.69) is 0 Å². The molecular weight excluding hydrogens is 154 g/mol. The first-order valence-electron chi connectivity index (χ1n) is 4.35. The molecule has 3 heteroatoms. The highest BCUT2D eigenvalue weighted by Gasteiger charge is 2.16. The van der Waals surface area contributed by atoms with Crippen LogP contribution in [-0.2, 0) is 9.53 Å². The third-order valence-corrected chi connectivity index (χ3v) is 1.99. The molecule has 1 aliphatic carbocycles. The topological polar surface area (TPSA) is 52.3 Å². The summed E-state index contributed by atoms with van der Waals surface area (Å²) in [5.74, 6) is -0.176. The molecule has 0 spiro atoms. The van der Waals surface area contributed by atoms with E-state index < -0.39 is 0 Å². The number of nitrogens with two attached hydrogens (primary N) is 1. The number of hydrogen-bond donors (Lipinski definition) is 1. The summed E-state index contributed by atoms with van der Waals surface area (Å²) in [6.45, 7) is 2.26. The first-order chi connectivity index (χ1) is 5.74. The molecule has 0 bridgehead atoms. The maximum Gasteiger partial charge on any atom is 0.333 e. The van der Waals surface area contributed by atoms with Crippen molar-refractivity contribution in [2.24, 2.45) is 5.73 Å². The lowest BCUT2D eigenvalue weighted by Gasteiger charge is -2.16. The first kappa shape index (κ1) is 9.26. The maximum absolute atomic E-state index is 11.2. The van der Waals surface area contributed by atoms with Crippen LogP contribution in [0.15, 0.2) is 11.6 Å². The van der Waals surface area contributed by atoms with Crippen molar-refractivity contribution in [1.82, 2.24) is 0 Å². The molecule has 0 saturated heterocycles. The Hall–Kier alpha value is -0.830. The largest absolute Gasteiger partial charge is 0.463 e. The summed E-state index contributed by atoms with van der Waals surface area (Å²) in [5, 5.41) is 0. The summed E-state index contributed by atoms with van der Waals surface area (Å²) in [5.41, 5.74) is 6.46. The van der Waals surface area contributed by atoms with Crippen LogP contribution in [0.3, 0.4) is 0 Å². The van der Waals surface area contributed by atoms with Gasteiger partial charge in [-0.05, 0) is 26.2 Å². The van der Waals surface area contributed by atoms with Crippen molar-refractivity contribution in [3.8, 4) is 0 Å². The second-order valence-corrected chi connectivity index (χ2v) is 2.98. The molecule has 0 aromatic rings. The van der Waals surface area contributed by atoms with E-state index in [0.29, 0.717) is 6.61 Å². The molecule has 0 aromatic carbocycles. The van der Waals surface area contributed by atoms with Gasteiger partial charge in [0.15, 0.2) is 0 Å². The Bertz CT molecular complexity index is 199. The molecule has 1 atom stereocenters. The highest BCUT2D eigenvalue weighted by molar-refractivity contribution is 5.88. The Morgan fingerprint density at radius 2 is 2.58 bits per heavy atom. The minimum atomic E-state index is -0.176. The summed E-state index contributed by atoms with van der Waals surface area (Å²) in [4.78, 5) is 11.2. The van der Waals surface area contributed by atoms with E-state index in [1.54, 1.807) is 0 Å². The van der Waals surface area contributed by atoms with Crippen LogP contribution in [0.5, 0.6) is 0 Å². The molecule has 68 valence electrons. The summed E-state index contributed by atoms with van der Waals surface area (Å²) < 4.78 is 4.87. The van der Waals surface area contributed by atoms with Crippen molar-refractivity contribution in [2.45, 2.75) is 32.2 Å². The second-order valence-electron chi connectivity index (χ2n) is 2.98. The van der Waals surface area contributed by atoms with Crippen molar-refractivity contribution < 1.29 is 9.53 Å². The average Bonchev–Trinajstić information content (AvgIpc) is 2.06. The minimum absolute atomic E-state index is 0.176. The van der Waals surface area contributed by atoms with Gasteiger partial charge in [-0.2, -0.15) is 0 Å². The summed E-state index contributed by atoms with van der Waals surface area (Å²) in [6, 6.07) is 0.225. The fourth-order valence-corrected chi connectivity index (χ4v) is 1.26. The zero-order valence-electron chi connectivity index (χ0n) is 7.38. The van der Waals surface area contributed by atoms with E-state index in [1.165, 1.54) is 0 Å². The third kappa shape index (κ3) is 2.34. The minimum Gasteiger partial charge on any atom is -0.463 e. The molecule has 1 aliphatic rings. The molecule has 2 N–H and O–H groups in total. The zero-order chi connectivity index (χ0) is 8.97. The molecule has 1 rings (SSSR count). The Morgan fingerprint density at radius 3 is 3.08 bits per heavy atom. The lowest BCUT2D eigenvalue weighted by Crippen LogP contribution is -2.24. The Balaban J connectivity index is 2.47. The SMILES string of the molecule is CCOC(=O)C1=CC[C@H](N)CC1. The maximum atomic E-state index is 11.2. The van der Waals surface area contributed by atoms with Crippen molar-refractivity contribution >= 4 is 5.97 Å². The van der Waals surface area contributed by atoms with Crippen LogP contribution in [0.1, 0.15) is 26.2 Å². The van der Waals surface area contributed by atoms with E-state index in [1.807, 2.05) is 13.0 Å². The van der Waals surface area contributed by atoms with E-state index >= 15 is 0 Å². The van der Waals surface area contributed by atoms with E-state index in [-0.39, 0.29) is 12.0 Å². The predicted molar refractivity (Wildman–Crippen MR) is 46.5 cm³/mol. The van der Waals surface area contributed by atoms with Gasteiger partial charge >= 0.3 is 5.97 Å². The van der Waals surface area contributed by atoms with Crippen LogP contribution in [0, 0.1) is 0 Å². The molecule has 0 amide bonds. The number of ether oxygens (including phenoxy) is 1. The monoisotopic (exact) mass is 169 g/mol. The van der Waals surface area contributed by atoms with Crippen molar-refractivity contribution in [3.63, 3.8) is 0 Å². The quantitative estimate of drug-likeness (QED) is 0.627. The molecule has 0 heterocycles. The van der Waals surface area contributed by atoms with E-state index in [0.717, 1.165) is 24.8 Å². The molecule has 0 aromatic heterocycles. The van der Waals surface area contributed by atoms with Gasteiger partial charge in [-0.25, -0.2) is 4.79 Å². The molecular formula is C9H15NO2. The van der Waals surface area contributed by atoms with Crippen LogP contribution >= 0.6 is 0 Å². The van der Waals surface area contributed by atoms with Gasteiger partial charge in [-0.1, -0.05) is 6.08 Å². The number of carbonyl (C=O) groups excluding carboxylic acids is 1. The average molecular weight is 169 g/mol. The van der Waals surface area contributed by atoms with Crippen LogP contribution < -0.4 is 5.73 Å². The number of rotatable bonds is 2. The second kappa shape index (κ2) is 4.26. The molecule has 0 saturated carbocycles. The van der Waals surface area contributed by atoms with Crippen LogP contribution in [0.2, 0.25) is 0 Å². The van der Waals surface area contributed by atoms with Gasteiger partial charge in [0, 0.05) is 11.6 Å². The third-order valence-electron chi connectivity index (χ3n) is 1.99. The smallest absolute Gasteiger partial charge is 0.333 e. The Morgan fingerprint density at radius 1 is 1.83 bits per heavy atom. The van der Waals surface area contributed by atoms with Gasteiger partial charge in [0.2, 0.25) is 0 Å². The summed E-state index contributed by atoms with van der Waals surface area (Å²) in [6.07, 6.45) is 4.35. The standard InChI is InChI=1S/C9H15NO2/c1-2-12-9(11)7-3-5-8(10)6-4-7/h3,8H,2,4-6,10H2,1H3/t8-/m0/s1. The van der Waals surface area contributed by atoms with Crippen molar-refractivity contribution in [2.75, 3.05) is 6.61 Å². The number of esters is 1. The van der Waals surface area contributed by atoms with Crippen molar-refractivity contribution in [1.29, 1.82) is 0 Å². The Labute approximate surface area is 72.6 Å². The zero-order valence-corrected chi connectivity index (χ0v) is 7.38. The molecule has 12 heavy (non-hydrogen) atoms. The highest BCUT2D eigenvalue weighted by atomic mass is 16.5. The van der Waals surface area contributed by atoms with Gasteiger partial charge in [-0.3, -0.25) is 0 Å². The first-order valence-corrected chi connectivity index (χ1v) is 4.35. The van der Waals surface area contributed by atoms with Gasteiger partial charge in [0.05, 0.1) is 6.61 Å². The lowest BCUT2D eigenvalue weighted by atomic mass is 9.96. The van der Waals surface area contributed by atoms with Crippen molar-refractivity contribution in [3.05, 3.63) is 11.6 Å². The van der Waals surface area contributed by atoms with E-state index in [4.69, 9.17) is 10.5 Å².